The molecule has 0 bridgehead atoms. The van der Waals surface area contributed by atoms with Gasteiger partial charge >= 0.3 is 11.9 Å². The Morgan fingerprint density at radius 2 is 0.930 bits per heavy atom. The van der Waals surface area contributed by atoms with Crippen LogP contribution < -0.4 is 9.80 Å². The van der Waals surface area contributed by atoms with Gasteiger partial charge in [-0.1, -0.05) is 85.3 Å². The van der Waals surface area contributed by atoms with Crippen molar-refractivity contribution in [1.29, 1.82) is 0 Å². The van der Waals surface area contributed by atoms with Crippen molar-refractivity contribution < 1.29 is 28.9 Å². The number of hydrogen-bond donors (Lipinski definition) is 1. The van der Waals surface area contributed by atoms with E-state index in [1.54, 1.807) is 0 Å². The molecule has 0 amide bonds. The lowest BCUT2D eigenvalue weighted by atomic mass is 9.85. The molecule has 378 valence electrons. The summed E-state index contributed by atoms with van der Waals surface area (Å²) in [4.78, 5) is 30.9. The highest BCUT2D eigenvalue weighted by molar-refractivity contribution is 6.09. The monoisotopic (exact) mass is 963 g/mol. The lowest BCUT2D eigenvalue weighted by molar-refractivity contribution is -0.164. The highest BCUT2D eigenvalue weighted by Crippen LogP contribution is 2.55. The molecule has 0 radical (unpaired) electrons. The van der Waals surface area contributed by atoms with E-state index in [1.165, 1.54) is 103 Å². The molecule has 6 aromatic rings. The fourth-order valence-electron chi connectivity index (χ4n) is 13.6. The van der Waals surface area contributed by atoms with Gasteiger partial charge in [0.1, 0.15) is 0 Å². The van der Waals surface area contributed by atoms with Crippen LogP contribution in [0.5, 0.6) is 0 Å². The van der Waals surface area contributed by atoms with E-state index >= 15 is 0 Å². The molecule has 2 aliphatic heterocycles. The zero-order valence-corrected chi connectivity index (χ0v) is 45.3. The van der Waals surface area contributed by atoms with Crippen molar-refractivity contribution >= 4 is 45.1 Å². The lowest BCUT2D eigenvalue weighted by Crippen LogP contribution is -2.46. The van der Waals surface area contributed by atoms with E-state index in [9.17, 15) is 14.7 Å². The minimum Gasteiger partial charge on any atom is -0.479 e. The second-order valence-corrected chi connectivity index (χ2v) is 23.7. The first-order chi connectivity index (χ1) is 33.4. The summed E-state index contributed by atoms with van der Waals surface area (Å²) < 4.78 is 23.3. The summed E-state index contributed by atoms with van der Waals surface area (Å²) in [5.74, 6) is -1.32. The van der Waals surface area contributed by atoms with E-state index in [0.29, 0.717) is 0 Å². The second kappa shape index (κ2) is 18.2. The Hall–Kier alpha value is -5.58. The quantitative estimate of drug-likeness (QED) is 0.151. The number of carbonyl (C=O) groups excluding carboxylic acids is 1. The molecule has 0 unspecified atom stereocenters. The Bertz CT molecular complexity index is 3040. The Kier molecular flexibility index (Phi) is 12.9. The van der Waals surface area contributed by atoms with Gasteiger partial charge in [-0.25, -0.2) is 9.59 Å². The van der Waals surface area contributed by atoms with Crippen molar-refractivity contribution in [3.05, 3.63) is 105 Å². The van der Waals surface area contributed by atoms with Crippen LogP contribution >= 0.6 is 0 Å². The van der Waals surface area contributed by atoms with E-state index in [0.717, 1.165) is 68.7 Å². The first-order valence-corrected chi connectivity index (χ1v) is 26.0. The average molecular weight is 963 g/mol. The van der Waals surface area contributed by atoms with Crippen LogP contribution in [0.1, 0.15) is 150 Å². The van der Waals surface area contributed by atoms with Gasteiger partial charge in [-0.05, 0) is 154 Å². The number of ether oxygens (including phenoxy) is 3. The minimum atomic E-state index is -1.06. The van der Waals surface area contributed by atoms with Crippen LogP contribution in [0.25, 0.3) is 44.1 Å². The van der Waals surface area contributed by atoms with Gasteiger partial charge in [-0.15, -0.1) is 0 Å². The van der Waals surface area contributed by atoms with Crippen LogP contribution in [0, 0.1) is 41.5 Å². The fraction of sp³-hybridized carbons (Fsp3) is 0.508. The number of aryl methyl sites for hydroxylation is 4. The number of aliphatic carboxylic acids is 1. The number of fused-ring (bicyclic) bond motifs is 2. The number of rotatable bonds is 8. The lowest BCUT2D eigenvalue weighted by Gasteiger charge is -2.44. The van der Waals surface area contributed by atoms with Gasteiger partial charge in [0.05, 0.1) is 51.8 Å². The summed E-state index contributed by atoms with van der Waals surface area (Å²) >= 11 is 0. The highest BCUT2D eigenvalue weighted by atomic mass is 16.6. The molecule has 4 heterocycles. The van der Waals surface area contributed by atoms with Gasteiger partial charge in [0.2, 0.25) is 0 Å². The molecule has 2 atom stereocenters. The van der Waals surface area contributed by atoms with Gasteiger partial charge in [-0.3, -0.25) is 0 Å². The number of methoxy groups -OCH3 is 1. The fourth-order valence-corrected chi connectivity index (χ4v) is 13.6. The molecule has 4 aromatic carbocycles. The Morgan fingerprint density at radius 3 is 1.27 bits per heavy atom. The third kappa shape index (κ3) is 8.64. The average Bonchev–Trinajstić information content (AvgIpc) is 4.10. The number of carboxylic acid groups (broad SMARTS) is 1. The third-order valence-corrected chi connectivity index (χ3v) is 16.0. The van der Waals surface area contributed by atoms with E-state index in [4.69, 9.17) is 14.2 Å². The molecule has 2 aliphatic carbocycles. The van der Waals surface area contributed by atoms with Gasteiger partial charge < -0.3 is 38.3 Å². The van der Waals surface area contributed by atoms with Gasteiger partial charge in [0.25, 0.3) is 0 Å². The maximum absolute atomic E-state index is 13.3. The number of aromatic nitrogens is 2. The molecule has 4 aliphatic rings. The number of carbonyl (C=O) groups is 2. The molecule has 2 saturated carbocycles. The van der Waals surface area contributed by atoms with Crippen LogP contribution in [-0.4, -0.2) is 71.7 Å². The first-order valence-electron chi connectivity index (χ1n) is 26.0. The van der Waals surface area contributed by atoms with Crippen molar-refractivity contribution in [2.24, 2.45) is 0 Å². The van der Waals surface area contributed by atoms with Crippen molar-refractivity contribution in [3.8, 4) is 22.3 Å². The normalized spacial score (nSPS) is 17.8. The van der Waals surface area contributed by atoms with Gasteiger partial charge in [0.15, 0.2) is 12.2 Å². The largest absolute Gasteiger partial charge is 0.479 e. The summed E-state index contributed by atoms with van der Waals surface area (Å²) in [6.45, 7) is 26.5. The highest BCUT2D eigenvalue weighted by Gasteiger charge is 2.47. The number of benzene rings is 4. The van der Waals surface area contributed by atoms with Crippen molar-refractivity contribution in [2.75, 3.05) is 44.1 Å². The Labute approximate surface area is 422 Å². The van der Waals surface area contributed by atoms with Crippen molar-refractivity contribution in [1.82, 2.24) is 9.13 Å². The summed E-state index contributed by atoms with van der Waals surface area (Å²) in [6.07, 6.45) is 7.95. The predicted molar refractivity (Wildman–Crippen MR) is 289 cm³/mol. The number of hydrogen-bond acceptors (Lipinski definition) is 7. The zero-order chi connectivity index (χ0) is 51.3. The molecule has 71 heavy (non-hydrogen) atoms. The summed E-state index contributed by atoms with van der Waals surface area (Å²) in [6, 6.07) is 21.7. The molecule has 2 fully saturated rings. The topological polar surface area (TPSA) is 98.4 Å². The minimum absolute atomic E-state index is 0.111. The van der Waals surface area contributed by atoms with Crippen LogP contribution in [0.3, 0.4) is 0 Å². The summed E-state index contributed by atoms with van der Waals surface area (Å²) in [7, 11) is 5.82. The summed E-state index contributed by atoms with van der Waals surface area (Å²) in [5.41, 5.74) is 16.9. The van der Waals surface area contributed by atoms with E-state index in [-0.39, 0.29) is 17.0 Å². The predicted octanol–water partition coefficient (Wildman–Crippen LogP) is 13.9. The molecular weight excluding hydrogens is 885 g/mol. The maximum atomic E-state index is 13.3. The third-order valence-electron chi connectivity index (χ3n) is 16.0. The van der Waals surface area contributed by atoms with Crippen LogP contribution in [-0.2, 0) is 34.9 Å². The molecule has 10 heteroatoms. The summed E-state index contributed by atoms with van der Waals surface area (Å²) in [5, 5.41) is 12.7. The van der Waals surface area contributed by atoms with Crippen molar-refractivity contribution in [3.63, 3.8) is 0 Å². The number of nitrogens with zero attached hydrogens (tertiary/aromatic N) is 4. The molecule has 2 spiro atoms. The van der Waals surface area contributed by atoms with Gasteiger partial charge in [-0.2, -0.15) is 0 Å². The molecule has 1 N–H and O–H groups in total. The second-order valence-electron chi connectivity index (χ2n) is 23.7. The smallest absolute Gasteiger partial charge is 0.339 e. The van der Waals surface area contributed by atoms with Crippen molar-refractivity contribution in [2.45, 2.75) is 169 Å². The first kappa shape index (κ1) is 50.4. The standard InChI is InChI=1S/C31H40N2O3.C30H38N2O3/c1-19-11-13-22(14-12-19)25-23-17-20(2)33-27(23)26(32(7)18-31(33)15-9-10-16-31)21(3)24(25)28(29(34)35-8)36-30(4,5)6;1-18-10-12-21(13-11-18)24-22-16-19(2)32-26(22)25(31(7)17-30(32)14-8-9-15-30)20(3)23(24)27(28(33)34)35-29(4,5)6/h11-14,17,28H,9-10,15-16,18H2,1-8H3;10-13,16,27H,8-9,14-15,17H2,1-7H3,(H,33,34)/t28-;27-/m00/s1. The molecule has 0 saturated heterocycles. The van der Waals surface area contributed by atoms with Gasteiger partial charge in [0, 0.05) is 60.5 Å². The molecule has 10 rings (SSSR count). The number of anilines is 2. The van der Waals surface area contributed by atoms with E-state index in [2.05, 4.69) is 135 Å². The molecular formula is C61H78N4O6. The molecule has 2 aromatic heterocycles. The van der Waals surface area contributed by atoms with E-state index in [1.807, 2.05) is 41.5 Å². The Morgan fingerprint density at radius 1 is 0.577 bits per heavy atom. The van der Waals surface area contributed by atoms with Crippen LogP contribution in [0.2, 0.25) is 0 Å². The zero-order valence-electron chi connectivity index (χ0n) is 45.3. The van der Waals surface area contributed by atoms with E-state index < -0.39 is 29.4 Å². The van der Waals surface area contributed by atoms with Crippen LogP contribution in [0.15, 0.2) is 60.7 Å². The Balaban J connectivity index is 0.000000176. The SMILES string of the molecule is COC(=O)[C@@H](OC(C)(C)C)c1c(C)c2c3c(cc(C)n3C3(CCCC3)CN2C)c1-c1ccc(C)cc1.Cc1ccc(-c2c([C@H](OC(C)(C)C)C(=O)O)c(C)c3c4c2cc(C)n4C2(CCCC2)CN3C)cc1. The van der Waals surface area contributed by atoms with Crippen LogP contribution in [0.4, 0.5) is 11.4 Å². The number of likely N-dealkylation sites (N-methyl/N-ethyl adjacent to an activating group) is 2. The number of carboxylic acids is 1. The number of esters is 1. The maximum Gasteiger partial charge on any atom is 0.339 e. The molecule has 10 nitrogen and oxygen atoms in total.